The van der Waals surface area contributed by atoms with Gasteiger partial charge < -0.3 is 15.4 Å². The van der Waals surface area contributed by atoms with Crippen LogP contribution in [0.4, 0.5) is 0 Å². The third kappa shape index (κ3) is 9.77. The minimum Gasteiger partial charge on any atom is -0.379 e. The number of aliphatic imine (C=N–C) groups is 1. The van der Waals surface area contributed by atoms with Crippen molar-refractivity contribution in [2.75, 3.05) is 52.5 Å². The van der Waals surface area contributed by atoms with Gasteiger partial charge in [-0.3, -0.25) is 9.89 Å². The van der Waals surface area contributed by atoms with Gasteiger partial charge in [-0.15, -0.1) is 24.0 Å². The molecule has 1 fully saturated rings. The Hall–Kier alpha value is -0.380. The summed E-state index contributed by atoms with van der Waals surface area (Å²) in [6, 6.07) is 8.49. The lowest BCUT2D eigenvalue weighted by molar-refractivity contribution is 0.0389. The highest BCUT2D eigenvalue weighted by molar-refractivity contribution is 14.0. The van der Waals surface area contributed by atoms with Gasteiger partial charge in [0.25, 0.3) is 0 Å². The first-order valence-electron chi connectivity index (χ1n) is 8.84. The van der Waals surface area contributed by atoms with Crippen LogP contribution >= 0.6 is 39.9 Å². The van der Waals surface area contributed by atoms with Gasteiger partial charge in [-0.1, -0.05) is 28.1 Å². The van der Waals surface area contributed by atoms with E-state index in [-0.39, 0.29) is 24.0 Å². The van der Waals surface area contributed by atoms with Gasteiger partial charge in [0.2, 0.25) is 0 Å². The molecule has 5 nitrogen and oxygen atoms in total. The van der Waals surface area contributed by atoms with Crippen LogP contribution in [0, 0.1) is 0 Å². The summed E-state index contributed by atoms with van der Waals surface area (Å²) in [5, 5.41) is 6.74. The maximum Gasteiger partial charge on any atom is 0.191 e. The Bertz CT molecular complexity index is 510. The largest absolute Gasteiger partial charge is 0.379 e. The number of nitrogens with zero attached hydrogens (tertiary/aromatic N) is 2. The van der Waals surface area contributed by atoms with E-state index in [0.29, 0.717) is 0 Å². The molecular weight excluding hydrogens is 495 g/mol. The molecule has 25 heavy (non-hydrogen) atoms. The van der Waals surface area contributed by atoms with Crippen molar-refractivity contribution in [1.82, 2.24) is 15.5 Å². The van der Waals surface area contributed by atoms with Gasteiger partial charge in [0.1, 0.15) is 0 Å². The number of nitrogens with one attached hydrogen (secondary N) is 2. The van der Waals surface area contributed by atoms with Crippen LogP contribution in [0.25, 0.3) is 0 Å². The van der Waals surface area contributed by atoms with Crippen LogP contribution < -0.4 is 10.6 Å². The summed E-state index contributed by atoms with van der Waals surface area (Å²) in [6.45, 7) is 9.52. The van der Waals surface area contributed by atoms with Crippen molar-refractivity contribution in [3.8, 4) is 0 Å². The number of ether oxygens (including phenoxy) is 1. The molecule has 142 valence electrons. The zero-order valence-electron chi connectivity index (χ0n) is 15.0. The topological polar surface area (TPSA) is 48.9 Å². The minimum atomic E-state index is 0. The lowest BCUT2D eigenvalue weighted by Crippen LogP contribution is -2.44. The fraction of sp³-hybridized carbons (Fsp3) is 0.611. The van der Waals surface area contributed by atoms with Crippen molar-refractivity contribution in [3.63, 3.8) is 0 Å². The predicted molar refractivity (Wildman–Crippen MR) is 119 cm³/mol. The van der Waals surface area contributed by atoms with E-state index in [9.17, 15) is 0 Å². The second-order valence-electron chi connectivity index (χ2n) is 5.87. The van der Waals surface area contributed by atoms with Crippen molar-refractivity contribution in [1.29, 1.82) is 0 Å². The fourth-order valence-electron chi connectivity index (χ4n) is 2.67. The van der Waals surface area contributed by atoms with Crippen LogP contribution in [0.5, 0.6) is 0 Å². The SMILES string of the molecule is CCNC(=NCCCc1cccc(Br)c1)NCCN1CCOCC1.I. The molecular formula is C18H30BrIN4O. The van der Waals surface area contributed by atoms with E-state index in [0.717, 1.165) is 75.8 Å². The van der Waals surface area contributed by atoms with Crippen molar-refractivity contribution in [2.45, 2.75) is 19.8 Å². The van der Waals surface area contributed by atoms with Gasteiger partial charge in [-0.2, -0.15) is 0 Å². The summed E-state index contributed by atoms with van der Waals surface area (Å²) in [7, 11) is 0. The quantitative estimate of drug-likeness (QED) is 0.237. The Labute approximate surface area is 177 Å². The number of morpholine rings is 1. The molecule has 0 amide bonds. The highest BCUT2D eigenvalue weighted by atomic mass is 127. The van der Waals surface area contributed by atoms with Crippen molar-refractivity contribution in [2.24, 2.45) is 4.99 Å². The van der Waals surface area contributed by atoms with Gasteiger partial charge >= 0.3 is 0 Å². The second kappa shape index (κ2) is 13.8. The van der Waals surface area contributed by atoms with Crippen LogP contribution in [-0.4, -0.2) is 63.3 Å². The Kier molecular flexibility index (Phi) is 12.5. The third-order valence-corrected chi connectivity index (χ3v) is 4.44. The molecule has 1 aliphatic rings. The summed E-state index contributed by atoms with van der Waals surface area (Å²) in [5.74, 6) is 0.917. The van der Waals surface area contributed by atoms with Crippen molar-refractivity contribution >= 4 is 45.9 Å². The number of aryl methyl sites for hydroxylation is 1. The Morgan fingerprint density at radius 3 is 2.80 bits per heavy atom. The average molecular weight is 525 g/mol. The van der Waals surface area contributed by atoms with E-state index < -0.39 is 0 Å². The van der Waals surface area contributed by atoms with E-state index in [2.05, 4.69) is 67.6 Å². The van der Waals surface area contributed by atoms with Crippen LogP contribution in [0.15, 0.2) is 33.7 Å². The first-order chi connectivity index (χ1) is 11.8. The van der Waals surface area contributed by atoms with Gasteiger partial charge in [0.05, 0.1) is 13.2 Å². The highest BCUT2D eigenvalue weighted by Gasteiger charge is 2.09. The maximum atomic E-state index is 5.37. The molecule has 0 radical (unpaired) electrons. The van der Waals surface area contributed by atoms with Crippen LogP contribution in [0.1, 0.15) is 18.9 Å². The van der Waals surface area contributed by atoms with Gasteiger partial charge in [0, 0.05) is 43.7 Å². The molecule has 0 atom stereocenters. The van der Waals surface area contributed by atoms with Crippen LogP contribution in [-0.2, 0) is 11.2 Å². The van der Waals surface area contributed by atoms with Crippen LogP contribution in [0.2, 0.25) is 0 Å². The predicted octanol–water partition coefficient (Wildman–Crippen LogP) is 2.89. The molecule has 0 aromatic heterocycles. The molecule has 1 aromatic rings. The smallest absolute Gasteiger partial charge is 0.191 e. The molecule has 0 bridgehead atoms. The third-order valence-electron chi connectivity index (χ3n) is 3.95. The number of hydrogen-bond donors (Lipinski definition) is 2. The number of guanidine groups is 1. The molecule has 0 aliphatic carbocycles. The van der Waals surface area contributed by atoms with Gasteiger partial charge in [-0.25, -0.2) is 0 Å². The molecule has 0 saturated carbocycles. The van der Waals surface area contributed by atoms with E-state index in [1.807, 2.05) is 0 Å². The molecule has 1 heterocycles. The summed E-state index contributed by atoms with van der Waals surface area (Å²) >= 11 is 3.52. The summed E-state index contributed by atoms with van der Waals surface area (Å²) in [6.07, 6.45) is 2.10. The Morgan fingerprint density at radius 2 is 2.08 bits per heavy atom. The summed E-state index contributed by atoms with van der Waals surface area (Å²) < 4.78 is 6.51. The van der Waals surface area contributed by atoms with E-state index >= 15 is 0 Å². The molecule has 1 aliphatic heterocycles. The van der Waals surface area contributed by atoms with E-state index in [1.165, 1.54) is 5.56 Å². The second-order valence-corrected chi connectivity index (χ2v) is 6.79. The van der Waals surface area contributed by atoms with E-state index in [1.54, 1.807) is 0 Å². The lowest BCUT2D eigenvalue weighted by atomic mass is 10.1. The molecule has 7 heteroatoms. The maximum absolute atomic E-state index is 5.37. The first kappa shape index (κ1) is 22.7. The molecule has 0 spiro atoms. The van der Waals surface area contributed by atoms with Gasteiger partial charge in [-0.05, 0) is 37.5 Å². The zero-order valence-corrected chi connectivity index (χ0v) is 18.9. The van der Waals surface area contributed by atoms with Gasteiger partial charge in [0.15, 0.2) is 5.96 Å². The summed E-state index contributed by atoms with van der Waals surface area (Å²) in [5.41, 5.74) is 1.35. The highest BCUT2D eigenvalue weighted by Crippen LogP contribution is 2.12. The Morgan fingerprint density at radius 1 is 1.28 bits per heavy atom. The average Bonchev–Trinajstić information content (AvgIpc) is 2.60. The zero-order chi connectivity index (χ0) is 17.0. The van der Waals surface area contributed by atoms with Crippen molar-refractivity contribution in [3.05, 3.63) is 34.3 Å². The Balaban J connectivity index is 0.00000312. The number of benzene rings is 1. The fourth-order valence-corrected chi connectivity index (χ4v) is 3.11. The lowest BCUT2D eigenvalue weighted by Gasteiger charge is -2.26. The molecule has 2 rings (SSSR count). The number of rotatable bonds is 8. The normalized spacial score (nSPS) is 15.5. The summed E-state index contributed by atoms with van der Waals surface area (Å²) in [4.78, 5) is 7.10. The number of halogens is 2. The molecule has 1 aromatic carbocycles. The monoisotopic (exact) mass is 524 g/mol. The van der Waals surface area contributed by atoms with E-state index in [4.69, 9.17) is 4.74 Å². The molecule has 2 N–H and O–H groups in total. The van der Waals surface area contributed by atoms with Crippen LogP contribution in [0.3, 0.4) is 0 Å². The number of hydrogen-bond acceptors (Lipinski definition) is 3. The minimum absolute atomic E-state index is 0. The molecule has 1 saturated heterocycles. The standard InChI is InChI=1S/C18H29BrN4O.HI/c1-2-20-18(22-9-10-23-11-13-24-14-12-23)21-8-4-6-16-5-3-7-17(19)15-16;/h3,5,7,15H,2,4,6,8-14H2,1H3,(H2,20,21,22);1H. The first-order valence-corrected chi connectivity index (χ1v) is 9.64. The van der Waals surface area contributed by atoms with Crippen molar-refractivity contribution < 1.29 is 4.74 Å². The molecule has 0 unspecified atom stereocenters.